The Morgan fingerprint density at radius 3 is 1.61 bits per heavy atom. The minimum atomic E-state index is -0.993. The van der Waals surface area contributed by atoms with Crippen molar-refractivity contribution in [2.24, 2.45) is 10.8 Å². The first-order valence-corrected chi connectivity index (χ1v) is 33.1. The number of anilines is 4. The minimum absolute atomic E-state index is 0.264. The molecule has 18 nitrogen and oxygen atoms in total. The Kier molecular flexibility index (Phi) is 16.3. The minimum Gasteiger partial charge on any atom is -0.465 e. The van der Waals surface area contributed by atoms with E-state index in [-0.39, 0.29) is 21.9 Å². The van der Waals surface area contributed by atoms with Gasteiger partial charge in [-0.3, -0.25) is 14.7 Å². The van der Waals surface area contributed by atoms with E-state index in [9.17, 15) is 29.2 Å². The van der Waals surface area contributed by atoms with E-state index >= 15 is 0 Å². The number of nitrogens with zero attached hydrogens (tertiary/aromatic N) is 11. The second-order valence-corrected chi connectivity index (χ2v) is 29.4. The van der Waals surface area contributed by atoms with Crippen molar-refractivity contribution in [3.05, 3.63) is 81.2 Å². The smallest absolute Gasteiger partial charge is 0.412 e. The number of nitriles is 2. The average Bonchev–Trinajstić information content (AvgIpc) is 1.89. The molecule has 6 saturated heterocycles. The number of ether oxygens (including phenoxy) is 4. The van der Waals surface area contributed by atoms with Gasteiger partial charge in [0.1, 0.15) is 37.2 Å². The molecule has 2 spiro atoms. The molecule has 4 aromatic rings. The van der Waals surface area contributed by atoms with Gasteiger partial charge < -0.3 is 39.6 Å². The lowest BCUT2D eigenvalue weighted by Crippen LogP contribution is -2.46. The molecule has 8 aliphatic heterocycles. The van der Waals surface area contributed by atoms with Gasteiger partial charge in [-0.2, -0.15) is 30.5 Å². The van der Waals surface area contributed by atoms with Crippen LogP contribution in [0.15, 0.2) is 36.4 Å². The second-order valence-electron chi connectivity index (χ2n) is 29.4. The summed E-state index contributed by atoms with van der Waals surface area (Å²) in [5, 5.41) is 29.9. The predicted molar refractivity (Wildman–Crippen MR) is 334 cm³/mol. The summed E-state index contributed by atoms with van der Waals surface area (Å²) in [6, 6.07) is 17.9. The van der Waals surface area contributed by atoms with Crippen LogP contribution in [0.1, 0.15) is 182 Å². The molecule has 6 fully saturated rings. The van der Waals surface area contributed by atoms with E-state index in [1.54, 1.807) is 0 Å². The fourth-order valence-corrected chi connectivity index (χ4v) is 17.2. The third-order valence-corrected chi connectivity index (χ3v) is 22.2. The van der Waals surface area contributed by atoms with E-state index in [4.69, 9.17) is 44.6 Å². The normalized spacial score (nSPS) is 31.6. The van der Waals surface area contributed by atoms with Gasteiger partial charge in [0.05, 0.1) is 69.8 Å². The van der Waals surface area contributed by atoms with Gasteiger partial charge in [-0.15, -0.1) is 0 Å². The summed E-state index contributed by atoms with van der Waals surface area (Å²) in [5.41, 5.74) is 13.1. The van der Waals surface area contributed by atoms with Gasteiger partial charge in [0.15, 0.2) is 0 Å². The number of benzene rings is 2. The zero-order valence-corrected chi connectivity index (χ0v) is 53.0. The predicted octanol–water partition coefficient (Wildman–Crippen LogP) is 11.4. The third kappa shape index (κ3) is 11.8. The molecule has 8 atom stereocenters. The highest BCUT2D eigenvalue weighted by Crippen LogP contribution is 2.51. The molecule has 476 valence electrons. The second kappa shape index (κ2) is 23.7. The molecule has 3 N–H and O–H groups in total. The van der Waals surface area contributed by atoms with E-state index in [0.29, 0.717) is 89.5 Å². The lowest BCUT2D eigenvalue weighted by molar-refractivity contribution is -0.0857. The number of nitrogens with two attached hydrogens (primary N) is 1. The molecule has 89 heavy (non-hydrogen) atoms. The SMILES string of the molecule is CC(C)(C)N(C(=O)O)c1ccc2c(c1)[C@]1(CCC2)Cc2nc(OC[C@@]34CCCN3C[C@H](F)C4)nc(N3CCC[C@](C)(C#N)CC3)c2CO1.C[C@]1(C#N)CCCN(c2nc(OC[C@@]34CCCN3C[C@H](F)C4)nc3c2CO[C@@]2(CCCc4ccc(N)cc42)C3)CC1. The molecule has 0 bridgehead atoms. The highest BCUT2D eigenvalue weighted by molar-refractivity contribution is 5.88. The van der Waals surface area contributed by atoms with Crippen LogP contribution in [0, 0.1) is 33.5 Å². The van der Waals surface area contributed by atoms with Gasteiger partial charge in [-0.25, -0.2) is 13.6 Å². The summed E-state index contributed by atoms with van der Waals surface area (Å²) in [7, 11) is 0. The van der Waals surface area contributed by atoms with Crippen LogP contribution in [0.4, 0.5) is 36.6 Å². The first-order chi connectivity index (χ1) is 42.6. The summed E-state index contributed by atoms with van der Waals surface area (Å²) < 4.78 is 55.6. The van der Waals surface area contributed by atoms with E-state index in [2.05, 4.69) is 56.9 Å². The summed E-state index contributed by atoms with van der Waals surface area (Å²) in [6.45, 7) is 17.1. The molecule has 0 radical (unpaired) electrons. The first-order valence-electron chi connectivity index (χ1n) is 33.1. The maximum Gasteiger partial charge on any atom is 0.412 e. The molecule has 2 aliphatic carbocycles. The molecule has 0 unspecified atom stereocenters. The Bertz CT molecular complexity index is 3450. The lowest BCUT2D eigenvalue weighted by Gasteiger charge is -2.43. The average molecular weight is 1220 g/mol. The molecular formula is C69H90F2N12O6. The fraction of sp³-hybridized carbons (Fsp3) is 0.667. The standard InChI is InChI=1S/C37H49FN6O4.C32H41FN6O2/c1-34(2,3)44(33(45)46)27-10-9-25-8-5-13-37(29(25)18-27)20-30-28(22-48-37)31(42-15-6-11-35(4,23-39)14-17-42)41-32(40-30)47-24-36-12-7-16-43(36)21-26(38)19-36;1-30(20-34)8-3-12-38(14-11-30)28-25-19-41-32(10-2-5-22-6-7-24(35)15-26(22)32)17-27(25)36-29(37-28)40-21-31-9-4-13-39(31)18-23(33)16-31/h9-10,18,26H,5-8,11-17,19-22,24H2,1-4H3,(H,45,46);6-7,15,23H,2-5,8-14,16-19,21,35H2,1H3/t26-,35+,36+,37+;23-,30+,31+,32+/m11/s1. The zero-order valence-electron chi connectivity index (χ0n) is 53.0. The Morgan fingerprint density at radius 2 is 1.13 bits per heavy atom. The number of halogens is 2. The van der Waals surface area contributed by atoms with Crippen LogP contribution in [-0.4, -0.2) is 135 Å². The Balaban J connectivity index is 0.000000166. The van der Waals surface area contributed by atoms with Crippen molar-refractivity contribution in [3.8, 4) is 24.2 Å². The molecule has 20 heteroatoms. The molecular weight excluding hydrogens is 1130 g/mol. The van der Waals surface area contributed by atoms with Crippen LogP contribution in [0.3, 0.4) is 0 Å². The van der Waals surface area contributed by atoms with E-state index in [1.807, 2.05) is 45.9 Å². The molecule has 1 amide bonds. The Hall–Kier alpha value is -6.45. The van der Waals surface area contributed by atoms with E-state index in [1.165, 1.54) is 21.6 Å². The Morgan fingerprint density at radius 1 is 0.663 bits per heavy atom. The van der Waals surface area contributed by atoms with Crippen LogP contribution in [-0.2, 0) is 59.6 Å². The lowest BCUT2D eigenvalue weighted by atomic mass is 9.74. The van der Waals surface area contributed by atoms with Gasteiger partial charge in [-0.1, -0.05) is 12.1 Å². The summed E-state index contributed by atoms with van der Waals surface area (Å²) in [6.07, 6.45) is 14.1. The quantitative estimate of drug-likeness (QED) is 0.149. The maximum atomic E-state index is 14.6. The number of hydrogen-bond donors (Lipinski definition) is 2. The van der Waals surface area contributed by atoms with Crippen molar-refractivity contribution in [2.75, 3.05) is 86.0 Å². The molecule has 10 heterocycles. The molecule has 2 aromatic carbocycles. The fourth-order valence-electron chi connectivity index (χ4n) is 17.2. The number of aryl methyl sites for hydroxylation is 2. The van der Waals surface area contributed by atoms with E-state index < -0.39 is 35.2 Å². The number of amides is 1. The van der Waals surface area contributed by atoms with Gasteiger partial charge >= 0.3 is 18.1 Å². The van der Waals surface area contributed by atoms with Gasteiger partial charge in [0.2, 0.25) is 0 Å². The van der Waals surface area contributed by atoms with Gasteiger partial charge in [0, 0.05) is 93.0 Å². The van der Waals surface area contributed by atoms with Crippen molar-refractivity contribution in [3.63, 3.8) is 0 Å². The molecule has 10 aliphatic rings. The van der Waals surface area contributed by atoms with Crippen LogP contribution < -0.4 is 29.9 Å². The summed E-state index contributed by atoms with van der Waals surface area (Å²) in [4.78, 5) is 43.0. The number of aromatic nitrogens is 4. The topological polar surface area (TPSA) is 216 Å². The highest BCUT2D eigenvalue weighted by atomic mass is 19.1. The van der Waals surface area contributed by atoms with Crippen molar-refractivity contribution in [2.45, 2.75) is 216 Å². The number of alkyl halides is 2. The first kappa shape index (κ1) is 61.4. The summed E-state index contributed by atoms with van der Waals surface area (Å²) in [5.74, 6) is 1.67. The zero-order chi connectivity index (χ0) is 62.1. The molecule has 2 aromatic heterocycles. The molecule has 0 saturated carbocycles. The van der Waals surface area contributed by atoms with Crippen LogP contribution in [0.2, 0.25) is 0 Å². The maximum absolute atomic E-state index is 14.6. The van der Waals surface area contributed by atoms with Crippen molar-refractivity contribution >= 4 is 29.1 Å². The van der Waals surface area contributed by atoms with E-state index in [0.717, 1.165) is 181 Å². The number of fused-ring (bicyclic) bond motifs is 8. The monoisotopic (exact) mass is 1220 g/mol. The van der Waals surface area contributed by atoms with Gasteiger partial charge in [0.25, 0.3) is 0 Å². The number of carboxylic acid groups (broad SMARTS) is 1. The number of rotatable bonds is 9. The van der Waals surface area contributed by atoms with Gasteiger partial charge in [-0.05, 0) is 197 Å². The van der Waals surface area contributed by atoms with Crippen LogP contribution in [0.25, 0.3) is 0 Å². The highest BCUT2D eigenvalue weighted by Gasteiger charge is 2.52. The molecule has 14 rings (SSSR count). The van der Waals surface area contributed by atoms with Crippen molar-refractivity contribution < 1.29 is 37.6 Å². The number of carbonyl (C=O) groups is 1. The largest absolute Gasteiger partial charge is 0.465 e. The third-order valence-electron chi connectivity index (χ3n) is 22.2. The Labute approximate surface area is 523 Å². The van der Waals surface area contributed by atoms with Crippen molar-refractivity contribution in [1.82, 2.24) is 29.7 Å². The number of nitrogen functional groups attached to an aromatic ring is 1. The van der Waals surface area contributed by atoms with Crippen molar-refractivity contribution in [1.29, 1.82) is 10.5 Å². The number of hydrogen-bond acceptors (Lipinski definition) is 16. The summed E-state index contributed by atoms with van der Waals surface area (Å²) >= 11 is 0. The van der Waals surface area contributed by atoms with Crippen LogP contribution >= 0.6 is 0 Å². The van der Waals surface area contributed by atoms with Crippen LogP contribution in [0.5, 0.6) is 12.0 Å².